The van der Waals surface area contributed by atoms with Gasteiger partial charge < -0.3 is 15.5 Å². The van der Waals surface area contributed by atoms with E-state index in [0.717, 1.165) is 86.0 Å². The normalized spacial score (nSPS) is 17.3. The molecule has 1 amide bonds. The van der Waals surface area contributed by atoms with E-state index in [1.54, 1.807) is 18.3 Å². The number of hydrogen-bond acceptors (Lipinski definition) is 11. The van der Waals surface area contributed by atoms with Crippen molar-refractivity contribution >= 4 is 66.1 Å². The molecule has 3 heterocycles. The average molecular weight is 997 g/mol. The van der Waals surface area contributed by atoms with Crippen molar-refractivity contribution < 1.29 is 34.8 Å². The summed E-state index contributed by atoms with van der Waals surface area (Å²) in [5.41, 5.74) is 0.960. The minimum atomic E-state index is -6.08. The molecule has 356 valence electrons. The molecule has 2 aliphatic heterocycles. The number of carbonyl (C=O) groups excluding carboxylic acids is 1. The Morgan fingerprint density at radius 1 is 0.925 bits per heavy atom. The zero-order valence-corrected chi connectivity index (χ0v) is 40.4. The largest absolute Gasteiger partial charge is 0.501 e. The Labute approximate surface area is 399 Å². The summed E-state index contributed by atoms with van der Waals surface area (Å²) >= 11 is 7.62. The number of rotatable bonds is 16. The van der Waals surface area contributed by atoms with Gasteiger partial charge in [-0.15, -0.1) is 11.8 Å². The number of amides is 1. The van der Waals surface area contributed by atoms with Crippen LogP contribution >= 0.6 is 23.4 Å². The van der Waals surface area contributed by atoms with Crippen LogP contribution < -0.4 is 20.3 Å². The van der Waals surface area contributed by atoms with Crippen molar-refractivity contribution in [3.8, 4) is 0 Å². The van der Waals surface area contributed by atoms with Crippen molar-refractivity contribution in [1.29, 1.82) is 0 Å². The smallest absolute Gasteiger partial charge is 0.380 e. The molecule has 3 N–H and O–H groups in total. The monoisotopic (exact) mass is 995 g/mol. The Bertz CT molecular complexity index is 2830. The summed E-state index contributed by atoms with van der Waals surface area (Å²) in [6, 6.07) is 25.6. The van der Waals surface area contributed by atoms with Crippen LogP contribution in [0.5, 0.6) is 0 Å². The molecule has 0 radical (unpaired) electrons. The number of piperazine rings is 1. The third kappa shape index (κ3) is 11.5. The third-order valence-electron chi connectivity index (χ3n) is 12.6. The zero-order valence-electron chi connectivity index (χ0n) is 37.2. The lowest BCUT2D eigenvalue weighted by molar-refractivity contribution is -0.0435. The minimum absolute atomic E-state index is 0.00803. The Hall–Kier alpha value is -4.85. The second kappa shape index (κ2) is 20.0. The zero-order chi connectivity index (χ0) is 47.6. The number of aromatic nitrogens is 2. The standard InChI is InChI=1S/C48H53ClF3N7O5S3/c1-47(2)20-18-42(33-8-12-37(49)13-9-33)35(27-47)31-57-22-24-58(25-23-57)39-14-10-34(11-15-39)46(60)56-67(63,64)41-16-17-43(45(26-41)66(61,62)48(50,51)52)55-38(32-65-40-6-4-3-5-7-40)19-21-59-44-30-53-28-36(44)29-54-59/h3-17,26,29,38,53,55H,18-25,27-28,30-32H2,1-2H3,(H,56,60)/t38-/m1/s1. The van der Waals surface area contributed by atoms with E-state index in [0.29, 0.717) is 42.9 Å². The fourth-order valence-electron chi connectivity index (χ4n) is 8.92. The summed E-state index contributed by atoms with van der Waals surface area (Å²) in [7, 11) is -10.9. The molecule has 1 aromatic heterocycles. The van der Waals surface area contributed by atoms with Crippen LogP contribution in [0.15, 0.2) is 124 Å². The number of alkyl halides is 3. The van der Waals surface area contributed by atoms with Gasteiger partial charge in [-0.05, 0) is 109 Å². The number of hydrogen-bond donors (Lipinski definition) is 3. The molecule has 4 aromatic carbocycles. The van der Waals surface area contributed by atoms with Crippen molar-refractivity contribution in [2.45, 2.75) is 85.4 Å². The molecule has 1 saturated heterocycles. The maximum absolute atomic E-state index is 14.2. The molecule has 67 heavy (non-hydrogen) atoms. The summed E-state index contributed by atoms with van der Waals surface area (Å²) < 4.78 is 100.0. The van der Waals surface area contributed by atoms with Gasteiger partial charge in [0.15, 0.2) is 0 Å². The van der Waals surface area contributed by atoms with Crippen LogP contribution in [0.1, 0.15) is 66.7 Å². The summed E-state index contributed by atoms with van der Waals surface area (Å²) in [5.74, 6) is -0.705. The molecule has 0 unspecified atom stereocenters. The molecule has 0 spiro atoms. The van der Waals surface area contributed by atoms with E-state index in [1.165, 1.54) is 40.6 Å². The summed E-state index contributed by atoms with van der Waals surface area (Å²) in [6.07, 6.45) is 5.25. The molecule has 1 fully saturated rings. The Balaban J connectivity index is 0.941. The van der Waals surface area contributed by atoms with Crippen molar-refractivity contribution in [3.63, 3.8) is 0 Å². The molecule has 8 rings (SSSR count). The molecule has 3 aliphatic rings. The number of allylic oxidation sites excluding steroid dienone is 1. The molecule has 12 nitrogen and oxygen atoms in total. The van der Waals surface area contributed by atoms with Crippen molar-refractivity contribution in [2.24, 2.45) is 5.41 Å². The van der Waals surface area contributed by atoms with Crippen LogP contribution in [-0.4, -0.2) is 87.4 Å². The quantitative estimate of drug-likeness (QED) is 0.0815. The number of halogens is 4. The van der Waals surface area contributed by atoms with Gasteiger partial charge in [-0.25, -0.2) is 21.6 Å². The maximum Gasteiger partial charge on any atom is 0.501 e. The van der Waals surface area contributed by atoms with Gasteiger partial charge >= 0.3 is 5.51 Å². The highest BCUT2D eigenvalue weighted by molar-refractivity contribution is 7.99. The SMILES string of the molecule is CC1(C)CCC(c2ccc(Cl)cc2)=C(CN2CCN(c3ccc(C(=O)NS(=O)(=O)c4ccc(N[C@H](CCn5ncc6c5CNC6)CSc5ccccc5)c(S(=O)(=O)C(F)(F)F)c4)cc3)CC2)C1. The maximum atomic E-state index is 14.2. The minimum Gasteiger partial charge on any atom is -0.380 e. The number of carbonyl (C=O) groups is 1. The Morgan fingerprint density at radius 2 is 1.64 bits per heavy atom. The van der Waals surface area contributed by atoms with Gasteiger partial charge in [-0.2, -0.15) is 18.3 Å². The van der Waals surface area contributed by atoms with Gasteiger partial charge in [0.05, 0.1) is 22.5 Å². The van der Waals surface area contributed by atoms with E-state index in [1.807, 2.05) is 51.9 Å². The number of benzene rings is 4. The van der Waals surface area contributed by atoms with Gasteiger partial charge in [0.1, 0.15) is 4.90 Å². The van der Waals surface area contributed by atoms with Crippen molar-refractivity contribution in [1.82, 2.24) is 24.7 Å². The van der Waals surface area contributed by atoms with Gasteiger partial charge in [0, 0.05) is 90.9 Å². The number of thioether (sulfide) groups is 1. The molecule has 0 bridgehead atoms. The van der Waals surface area contributed by atoms with E-state index in [-0.39, 0.29) is 11.0 Å². The second-order valence-corrected chi connectivity index (χ2v) is 23.1. The predicted molar refractivity (Wildman–Crippen MR) is 257 cm³/mol. The number of nitrogens with zero attached hydrogens (tertiary/aromatic N) is 4. The van der Waals surface area contributed by atoms with E-state index >= 15 is 0 Å². The first-order chi connectivity index (χ1) is 31.8. The Kier molecular flexibility index (Phi) is 14.5. The molecule has 5 aromatic rings. The number of anilines is 2. The molecule has 1 aliphatic carbocycles. The lowest BCUT2D eigenvalue weighted by atomic mass is 9.73. The summed E-state index contributed by atoms with van der Waals surface area (Å²) in [4.78, 5) is 16.8. The van der Waals surface area contributed by atoms with E-state index in [2.05, 4.69) is 51.5 Å². The lowest BCUT2D eigenvalue weighted by Crippen LogP contribution is -2.47. The predicted octanol–water partition coefficient (Wildman–Crippen LogP) is 9.00. The van der Waals surface area contributed by atoms with Crippen molar-refractivity contribution in [3.05, 3.63) is 136 Å². The first-order valence-electron chi connectivity index (χ1n) is 22.1. The number of sulfone groups is 1. The fourth-order valence-corrected chi connectivity index (χ4v) is 12.1. The third-order valence-corrected chi connectivity index (χ3v) is 16.9. The van der Waals surface area contributed by atoms with E-state index in [9.17, 15) is 34.8 Å². The molecule has 1 atom stereocenters. The first-order valence-corrected chi connectivity index (χ1v) is 26.4. The Morgan fingerprint density at radius 3 is 2.34 bits per heavy atom. The summed E-state index contributed by atoms with van der Waals surface area (Å²) in [5, 5.41) is 11.4. The van der Waals surface area contributed by atoms with Crippen LogP contribution in [0.3, 0.4) is 0 Å². The average Bonchev–Trinajstić information content (AvgIpc) is 3.93. The highest BCUT2D eigenvalue weighted by atomic mass is 35.5. The summed E-state index contributed by atoms with van der Waals surface area (Å²) in [6.45, 7) is 10.3. The fraction of sp³-hybridized carbons (Fsp3) is 0.375. The molecule has 0 saturated carbocycles. The topological polar surface area (TPSA) is 146 Å². The number of nitrogens with one attached hydrogen (secondary N) is 3. The van der Waals surface area contributed by atoms with Crippen molar-refractivity contribution in [2.75, 3.05) is 48.7 Å². The van der Waals surface area contributed by atoms with Gasteiger partial charge in [0.2, 0.25) is 0 Å². The van der Waals surface area contributed by atoms with E-state index in [4.69, 9.17) is 11.6 Å². The van der Waals surface area contributed by atoms with Crippen LogP contribution in [-0.2, 0) is 39.5 Å². The lowest BCUT2D eigenvalue weighted by Gasteiger charge is -2.39. The molecule has 19 heteroatoms. The van der Waals surface area contributed by atoms with Gasteiger partial charge in [-0.3, -0.25) is 14.4 Å². The highest BCUT2D eigenvalue weighted by Gasteiger charge is 2.48. The van der Waals surface area contributed by atoms with Crippen LogP contribution in [0, 0.1) is 5.41 Å². The van der Waals surface area contributed by atoms with E-state index < -0.39 is 52.8 Å². The first kappa shape index (κ1) is 48.6. The highest BCUT2D eigenvalue weighted by Crippen LogP contribution is 2.43. The molecular weight excluding hydrogens is 943 g/mol. The molecular formula is C48H53ClF3N7O5S3. The van der Waals surface area contributed by atoms with Gasteiger partial charge in [-0.1, -0.05) is 61.4 Å². The van der Waals surface area contributed by atoms with Gasteiger partial charge in [0.25, 0.3) is 25.8 Å². The van der Waals surface area contributed by atoms with Crippen LogP contribution in [0.2, 0.25) is 5.02 Å². The number of aryl methyl sites for hydroxylation is 1. The van der Waals surface area contributed by atoms with Crippen LogP contribution in [0.4, 0.5) is 24.5 Å². The number of sulfonamides is 1. The second-order valence-electron chi connectivity index (χ2n) is 18.0. The van der Waals surface area contributed by atoms with Crippen LogP contribution in [0.25, 0.3) is 5.57 Å². The number of fused-ring (bicyclic) bond motifs is 1.